The molecule has 0 aromatic carbocycles. The van der Waals surface area contributed by atoms with Gasteiger partial charge in [-0.3, -0.25) is 4.68 Å². The molecule has 1 rings (SSSR count). The number of aromatic nitrogens is 2. The number of halogens is 1. The van der Waals surface area contributed by atoms with Gasteiger partial charge < -0.3 is 15.2 Å². The van der Waals surface area contributed by atoms with Gasteiger partial charge in [-0.25, -0.2) is 0 Å². The molecule has 1 aromatic heterocycles. The molecule has 0 saturated carbocycles. The second-order valence-electron chi connectivity index (χ2n) is 7.93. The van der Waals surface area contributed by atoms with Crippen LogP contribution >= 0.6 is 22.6 Å². The summed E-state index contributed by atoms with van der Waals surface area (Å²) >= 11 is 2.28. The Morgan fingerprint density at radius 3 is 2.35 bits per heavy atom. The van der Waals surface area contributed by atoms with Crippen molar-refractivity contribution in [3.05, 3.63) is 9.26 Å². The zero-order chi connectivity index (χ0) is 18.0. The van der Waals surface area contributed by atoms with Crippen molar-refractivity contribution in [2.75, 3.05) is 7.05 Å². The number of hydrogen-bond acceptors (Lipinski definition) is 4. The lowest BCUT2D eigenvalue weighted by Gasteiger charge is -2.40. The van der Waals surface area contributed by atoms with Crippen LogP contribution in [0.25, 0.3) is 0 Å². The number of hydrogen-bond donors (Lipinski definition) is 2. The summed E-state index contributed by atoms with van der Waals surface area (Å²) in [6.07, 6.45) is 0.0830. The highest BCUT2D eigenvalue weighted by molar-refractivity contribution is 14.1. The fourth-order valence-electron chi connectivity index (χ4n) is 2.13. The van der Waals surface area contributed by atoms with E-state index < -0.39 is 8.07 Å². The number of ether oxygens (including phenoxy) is 1. The van der Waals surface area contributed by atoms with E-state index in [0.717, 1.165) is 9.26 Å². The predicted octanol–water partition coefficient (Wildman–Crippen LogP) is 3.40. The highest BCUT2D eigenvalue weighted by Gasteiger charge is 2.42. The van der Waals surface area contributed by atoms with Gasteiger partial charge in [-0.15, -0.1) is 5.10 Å². The molecule has 0 fully saturated rings. The van der Waals surface area contributed by atoms with Crippen LogP contribution in [0.15, 0.2) is 0 Å². The summed E-state index contributed by atoms with van der Waals surface area (Å²) in [7, 11) is 0.0713. The number of aliphatic hydroxyl groups is 1. The van der Waals surface area contributed by atoms with Crippen molar-refractivity contribution < 1.29 is 9.84 Å². The van der Waals surface area contributed by atoms with Crippen LogP contribution in [0.3, 0.4) is 0 Å². The summed E-state index contributed by atoms with van der Waals surface area (Å²) in [5.41, 5.74) is 0.710. The SMILES string of the molecule is CNCc1c(I)c(OC(C)C)nn1CC(O)[Si](C)(C)C(C)(C)C. The van der Waals surface area contributed by atoms with Crippen LogP contribution in [-0.4, -0.2) is 41.8 Å². The minimum atomic E-state index is -1.85. The summed E-state index contributed by atoms with van der Waals surface area (Å²) in [6, 6.07) is 0. The lowest BCUT2D eigenvalue weighted by Crippen LogP contribution is -2.51. The van der Waals surface area contributed by atoms with Gasteiger partial charge in [0.25, 0.3) is 0 Å². The third kappa shape index (κ3) is 4.93. The monoisotopic (exact) mass is 453 g/mol. The summed E-state index contributed by atoms with van der Waals surface area (Å²) in [4.78, 5) is 0. The minimum Gasteiger partial charge on any atom is -0.473 e. The molecule has 1 atom stereocenters. The van der Waals surface area contributed by atoms with Crippen molar-refractivity contribution >= 4 is 30.7 Å². The van der Waals surface area contributed by atoms with Crippen LogP contribution in [0.5, 0.6) is 5.88 Å². The van der Waals surface area contributed by atoms with Gasteiger partial charge in [-0.1, -0.05) is 33.9 Å². The predicted molar refractivity (Wildman–Crippen MR) is 107 cm³/mol. The smallest absolute Gasteiger partial charge is 0.246 e. The van der Waals surface area contributed by atoms with Gasteiger partial charge in [0, 0.05) is 6.54 Å². The first kappa shape index (κ1) is 20.9. The second kappa shape index (κ2) is 7.84. The standard InChI is InChI=1S/C16H32IN3O2Si/c1-11(2)22-15-14(17)12(9-18-6)20(19-15)10-13(21)23(7,8)16(3,4)5/h11,13,18,21H,9-10H2,1-8H3. The van der Waals surface area contributed by atoms with Crippen molar-refractivity contribution in [1.82, 2.24) is 15.1 Å². The van der Waals surface area contributed by atoms with Gasteiger partial charge in [-0.05, 0) is 48.5 Å². The van der Waals surface area contributed by atoms with E-state index >= 15 is 0 Å². The molecule has 0 aliphatic carbocycles. The maximum Gasteiger partial charge on any atom is 0.246 e. The Kier molecular flexibility index (Phi) is 7.13. The van der Waals surface area contributed by atoms with Crippen molar-refractivity contribution in [3.8, 4) is 5.88 Å². The van der Waals surface area contributed by atoms with Crippen LogP contribution in [0, 0.1) is 3.57 Å². The summed E-state index contributed by atoms with van der Waals surface area (Å²) < 4.78 is 8.75. The van der Waals surface area contributed by atoms with Gasteiger partial charge in [0.2, 0.25) is 5.88 Å². The van der Waals surface area contributed by atoms with E-state index in [0.29, 0.717) is 19.0 Å². The van der Waals surface area contributed by atoms with E-state index in [9.17, 15) is 5.11 Å². The first-order valence-electron chi connectivity index (χ1n) is 8.16. The molecule has 134 valence electrons. The van der Waals surface area contributed by atoms with Crippen LogP contribution in [0.4, 0.5) is 0 Å². The maximum atomic E-state index is 10.9. The molecule has 1 aromatic rings. The molecular weight excluding hydrogens is 421 g/mol. The molecule has 0 aliphatic heterocycles. The molecule has 1 heterocycles. The molecule has 2 N–H and O–H groups in total. The molecule has 7 heteroatoms. The average molecular weight is 453 g/mol. The Balaban J connectivity index is 3.12. The Bertz CT molecular complexity index is 524. The number of nitrogens with one attached hydrogen (secondary N) is 1. The van der Waals surface area contributed by atoms with Gasteiger partial charge in [0.1, 0.15) is 0 Å². The van der Waals surface area contributed by atoms with Crippen molar-refractivity contribution in [2.24, 2.45) is 0 Å². The van der Waals surface area contributed by atoms with Gasteiger partial charge in [0.05, 0.1) is 35.7 Å². The molecular formula is C16H32IN3O2Si. The Morgan fingerprint density at radius 2 is 1.91 bits per heavy atom. The second-order valence-corrected chi connectivity index (χ2v) is 14.6. The van der Waals surface area contributed by atoms with Gasteiger partial charge in [-0.2, -0.15) is 0 Å². The van der Waals surface area contributed by atoms with E-state index in [2.05, 4.69) is 66.9 Å². The Hall–Kier alpha value is -0.123. The van der Waals surface area contributed by atoms with Crippen molar-refractivity contribution in [2.45, 2.75) is 77.7 Å². The lowest BCUT2D eigenvalue weighted by molar-refractivity contribution is 0.201. The minimum absolute atomic E-state index is 0.0830. The van der Waals surface area contributed by atoms with Crippen molar-refractivity contribution in [1.29, 1.82) is 0 Å². The Labute approximate surface area is 155 Å². The van der Waals surface area contributed by atoms with E-state index in [1.54, 1.807) is 0 Å². The molecule has 0 radical (unpaired) electrons. The van der Waals surface area contributed by atoms with Gasteiger partial charge >= 0.3 is 0 Å². The highest BCUT2D eigenvalue weighted by Crippen LogP contribution is 2.38. The topological polar surface area (TPSA) is 59.3 Å². The molecule has 0 aliphatic rings. The fourth-order valence-corrected chi connectivity index (χ4v) is 4.46. The lowest BCUT2D eigenvalue weighted by atomic mass is 10.2. The molecule has 1 unspecified atom stereocenters. The first-order chi connectivity index (χ1) is 10.4. The zero-order valence-corrected chi connectivity index (χ0v) is 18.9. The van der Waals surface area contributed by atoms with Crippen LogP contribution in [0.1, 0.15) is 40.3 Å². The first-order valence-corrected chi connectivity index (χ1v) is 12.3. The van der Waals surface area contributed by atoms with Crippen LogP contribution in [0.2, 0.25) is 18.1 Å². The summed E-state index contributed by atoms with van der Waals surface area (Å²) in [5.74, 6) is 0.660. The van der Waals surface area contributed by atoms with E-state index in [1.807, 2.05) is 25.6 Å². The van der Waals surface area contributed by atoms with Crippen LogP contribution < -0.4 is 10.1 Å². The average Bonchev–Trinajstić information content (AvgIpc) is 2.66. The molecule has 0 amide bonds. The van der Waals surface area contributed by atoms with Gasteiger partial charge in [0.15, 0.2) is 0 Å². The molecule has 0 saturated heterocycles. The molecule has 5 nitrogen and oxygen atoms in total. The number of aliphatic hydroxyl groups excluding tert-OH is 1. The van der Waals surface area contributed by atoms with E-state index in [1.165, 1.54) is 0 Å². The quantitative estimate of drug-likeness (QED) is 0.491. The molecule has 0 bridgehead atoms. The van der Waals surface area contributed by atoms with Crippen LogP contribution in [-0.2, 0) is 13.1 Å². The normalized spacial score (nSPS) is 14.4. The zero-order valence-electron chi connectivity index (χ0n) is 15.7. The number of nitrogens with zero attached hydrogens (tertiary/aromatic N) is 2. The number of rotatable bonds is 7. The summed E-state index contributed by atoms with van der Waals surface area (Å²) in [5, 5.41) is 18.8. The third-order valence-electron chi connectivity index (χ3n) is 4.77. The largest absolute Gasteiger partial charge is 0.473 e. The molecule has 0 spiro atoms. The molecule has 23 heavy (non-hydrogen) atoms. The van der Waals surface area contributed by atoms with E-state index in [4.69, 9.17) is 4.74 Å². The third-order valence-corrected chi connectivity index (χ3v) is 11.6. The maximum absolute atomic E-state index is 10.9. The Morgan fingerprint density at radius 1 is 1.35 bits per heavy atom. The highest BCUT2D eigenvalue weighted by atomic mass is 127. The fraction of sp³-hybridized carbons (Fsp3) is 0.812. The summed E-state index contributed by atoms with van der Waals surface area (Å²) in [6.45, 7) is 16.4. The van der Waals surface area contributed by atoms with Crippen molar-refractivity contribution in [3.63, 3.8) is 0 Å². The van der Waals surface area contributed by atoms with E-state index in [-0.39, 0.29) is 16.9 Å².